The zero-order valence-electron chi connectivity index (χ0n) is 17.0. The Labute approximate surface area is 177 Å². The molecule has 0 aliphatic carbocycles. The van der Waals surface area contributed by atoms with Gasteiger partial charge in [0.2, 0.25) is 5.91 Å². The number of rotatable bonds is 9. The molecule has 0 unspecified atom stereocenters. The van der Waals surface area contributed by atoms with Gasteiger partial charge < -0.3 is 5.32 Å². The van der Waals surface area contributed by atoms with Gasteiger partial charge in [0.1, 0.15) is 0 Å². The monoisotopic (exact) mass is 422 g/mol. The largest absolute Gasteiger partial charge is 0.326 e. The lowest BCUT2D eigenvalue weighted by molar-refractivity contribution is -0.384. The number of hydrogen-bond donors (Lipinski definition) is 1. The first-order chi connectivity index (χ1) is 14.9. The van der Waals surface area contributed by atoms with Gasteiger partial charge in [0.15, 0.2) is 5.78 Å². The Kier molecular flexibility index (Phi) is 6.86. The van der Waals surface area contributed by atoms with Gasteiger partial charge in [0.05, 0.1) is 28.7 Å². The number of amides is 1. The number of carbonyl (C=O) groups excluding carboxylic acids is 2. The van der Waals surface area contributed by atoms with Gasteiger partial charge in [-0.3, -0.25) is 29.1 Å². The summed E-state index contributed by atoms with van der Waals surface area (Å²) < 4.78 is 1.12. The first-order valence-corrected chi connectivity index (χ1v) is 9.95. The minimum atomic E-state index is -0.592. The first-order valence-electron chi connectivity index (χ1n) is 9.95. The highest BCUT2D eigenvalue weighted by atomic mass is 16.6. The molecule has 0 fully saturated rings. The molecule has 1 amide bonds. The van der Waals surface area contributed by atoms with E-state index in [2.05, 4.69) is 17.2 Å². The molecule has 9 nitrogen and oxygen atoms in total. The van der Waals surface area contributed by atoms with Crippen molar-refractivity contribution in [2.75, 3.05) is 5.32 Å². The summed E-state index contributed by atoms with van der Waals surface area (Å²) in [5.74, 6) is -0.398. The van der Waals surface area contributed by atoms with E-state index in [9.17, 15) is 24.5 Å². The van der Waals surface area contributed by atoms with E-state index in [4.69, 9.17) is 0 Å². The van der Waals surface area contributed by atoms with Crippen LogP contribution in [0.25, 0.3) is 10.9 Å². The SMILES string of the molecule is CCCCCC(=O)Nc1ccc(C(=O)Cn2cnc3ccc([N+](=O)[O-])cc3c2=O)cc1. The van der Waals surface area contributed by atoms with Crippen molar-refractivity contribution in [2.24, 2.45) is 0 Å². The van der Waals surface area contributed by atoms with Crippen LogP contribution in [-0.4, -0.2) is 26.2 Å². The van der Waals surface area contributed by atoms with Crippen molar-refractivity contribution < 1.29 is 14.5 Å². The number of carbonyl (C=O) groups is 2. The number of benzene rings is 2. The average molecular weight is 422 g/mol. The smallest absolute Gasteiger partial charge is 0.270 e. The summed E-state index contributed by atoms with van der Waals surface area (Å²) in [4.78, 5) is 51.6. The van der Waals surface area contributed by atoms with Crippen LogP contribution < -0.4 is 10.9 Å². The van der Waals surface area contributed by atoms with E-state index in [-0.39, 0.29) is 29.3 Å². The fourth-order valence-corrected chi connectivity index (χ4v) is 3.12. The maximum atomic E-state index is 12.7. The summed E-state index contributed by atoms with van der Waals surface area (Å²) in [6, 6.07) is 10.3. The number of hydrogen-bond acceptors (Lipinski definition) is 6. The quantitative estimate of drug-likeness (QED) is 0.243. The lowest BCUT2D eigenvalue weighted by atomic mass is 10.1. The molecule has 0 atom stereocenters. The maximum Gasteiger partial charge on any atom is 0.270 e. The highest BCUT2D eigenvalue weighted by Crippen LogP contribution is 2.16. The van der Waals surface area contributed by atoms with Crippen molar-refractivity contribution in [1.82, 2.24) is 9.55 Å². The Hall–Kier alpha value is -3.88. The van der Waals surface area contributed by atoms with Gasteiger partial charge >= 0.3 is 0 Å². The third-order valence-electron chi connectivity index (χ3n) is 4.83. The number of nitro benzene ring substituents is 1. The van der Waals surface area contributed by atoms with E-state index in [1.807, 2.05) is 0 Å². The number of aromatic nitrogens is 2. The molecule has 0 aliphatic rings. The fraction of sp³-hybridized carbons (Fsp3) is 0.273. The molecule has 0 bridgehead atoms. The van der Waals surface area contributed by atoms with Crippen molar-refractivity contribution in [2.45, 2.75) is 39.2 Å². The van der Waals surface area contributed by atoms with Crippen LogP contribution in [0.5, 0.6) is 0 Å². The topological polar surface area (TPSA) is 124 Å². The molecule has 9 heteroatoms. The summed E-state index contributed by atoms with van der Waals surface area (Å²) in [5.41, 5.74) is 0.532. The maximum absolute atomic E-state index is 12.7. The Morgan fingerprint density at radius 2 is 1.87 bits per heavy atom. The number of nitro groups is 1. The third-order valence-corrected chi connectivity index (χ3v) is 4.83. The molecule has 1 aromatic heterocycles. The van der Waals surface area contributed by atoms with Crippen LogP contribution in [-0.2, 0) is 11.3 Å². The van der Waals surface area contributed by atoms with Crippen LogP contribution in [0.3, 0.4) is 0 Å². The lowest BCUT2D eigenvalue weighted by Gasteiger charge is -2.08. The molecule has 3 rings (SSSR count). The van der Waals surface area contributed by atoms with E-state index in [1.54, 1.807) is 24.3 Å². The average Bonchev–Trinajstić information content (AvgIpc) is 2.76. The summed E-state index contributed by atoms with van der Waals surface area (Å²) in [7, 11) is 0. The Morgan fingerprint density at radius 1 is 1.13 bits per heavy atom. The van der Waals surface area contributed by atoms with Crippen molar-refractivity contribution >= 4 is 34.0 Å². The van der Waals surface area contributed by atoms with E-state index in [0.29, 0.717) is 23.2 Å². The highest BCUT2D eigenvalue weighted by Gasteiger charge is 2.14. The minimum absolute atomic E-state index is 0.0737. The van der Waals surface area contributed by atoms with Crippen molar-refractivity contribution in [1.29, 1.82) is 0 Å². The summed E-state index contributed by atoms with van der Waals surface area (Å²) in [6.45, 7) is 1.81. The van der Waals surface area contributed by atoms with E-state index in [1.165, 1.54) is 18.5 Å². The number of nitrogens with one attached hydrogen (secondary N) is 1. The van der Waals surface area contributed by atoms with Gasteiger partial charge in [0.25, 0.3) is 11.2 Å². The van der Waals surface area contributed by atoms with Gasteiger partial charge in [-0.2, -0.15) is 0 Å². The van der Waals surface area contributed by atoms with E-state index < -0.39 is 10.5 Å². The van der Waals surface area contributed by atoms with Gasteiger partial charge in [0, 0.05) is 29.8 Å². The summed E-state index contributed by atoms with van der Waals surface area (Å²) in [5, 5.41) is 13.8. The van der Waals surface area contributed by atoms with Crippen molar-refractivity contribution in [3.05, 3.63) is 74.8 Å². The van der Waals surface area contributed by atoms with Crippen LogP contribution in [0.4, 0.5) is 11.4 Å². The second-order valence-corrected chi connectivity index (χ2v) is 7.14. The molecule has 1 N–H and O–H groups in total. The molecular weight excluding hydrogens is 400 g/mol. The van der Waals surface area contributed by atoms with E-state index in [0.717, 1.165) is 29.9 Å². The molecular formula is C22H22N4O5. The second kappa shape index (κ2) is 9.75. The molecule has 31 heavy (non-hydrogen) atoms. The third kappa shape index (κ3) is 5.39. The molecule has 3 aromatic rings. The van der Waals surface area contributed by atoms with Gasteiger partial charge in [-0.05, 0) is 36.8 Å². The number of nitrogens with zero attached hydrogens (tertiary/aromatic N) is 3. The number of fused-ring (bicyclic) bond motifs is 1. The Balaban J connectivity index is 1.72. The number of non-ortho nitro benzene ring substituents is 1. The van der Waals surface area contributed by atoms with Crippen LogP contribution in [0.15, 0.2) is 53.6 Å². The lowest BCUT2D eigenvalue weighted by Crippen LogP contribution is -2.24. The van der Waals surface area contributed by atoms with Crippen molar-refractivity contribution in [3.8, 4) is 0 Å². The molecule has 0 radical (unpaired) electrons. The molecule has 0 saturated carbocycles. The number of Topliss-reactive ketones (excluding diaryl/α,β-unsaturated/α-hetero) is 1. The predicted octanol–water partition coefficient (Wildman–Crippen LogP) is 3.71. The predicted molar refractivity (Wildman–Crippen MR) is 116 cm³/mol. The highest BCUT2D eigenvalue weighted by molar-refractivity contribution is 5.97. The standard InChI is InChI=1S/C22H22N4O5/c1-2-3-4-5-21(28)24-16-8-6-15(7-9-16)20(27)13-25-14-23-19-11-10-17(26(30)31)12-18(19)22(25)29/h6-12,14H,2-5,13H2,1H3,(H,24,28). The molecule has 1 heterocycles. The minimum Gasteiger partial charge on any atom is -0.326 e. The van der Waals surface area contributed by atoms with Crippen LogP contribution >= 0.6 is 0 Å². The molecule has 0 aliphatic heterocycles. The van der Waals surface area contributed by atoms with E-state index >= 15 is 0 Å². The summed E-state index contributed by atoms with van der Waals surface area (Å²) >= 11 is 0. The van der Waals surface area contributed by atoms with Gasteiger partial charge in [-0.25, -0.2) is 4.98 Å². The van der Waals surface area contributed by atoms with Gasteiger partial charge in [-0.15, -0.1) is 0 Å². The zero-order valence-corrected chi connectivity index (χ0v) is 17.0. The fourth-order valence-electron chi connectivity index (χ4n) is 3.12. The van der Waals surface area contributed by atoms with Crippen LogP contribution in [0, 0.1) is 10.1 Å². The van der Waals surface area contributed by atoms with Crippen molar-refractivity contribution in [3.63, 3.8) is 0 Å². The Morgan fingerprint density at radius 3 is 2.55 bits per heavy atom. The van der Waals surface area contributed by atoms with Gasteiger partial charge in [-0.1, -0.05) is 19.8 Å². The zero-order chi connectivity index (χ0) is 22.4. The number of anilines is 1. The number of ketones is 1. The molecule has 0 spiro atoms. The first kappa shape index (κ1) is 21.8. The number of unbranched alkanes of at least 4 members (excludes halogenated alkanes) is 2. The second-order valence-electron chi connectivity index (χ2n) is 7.14. The molecule has 160 valence electrons. The van der Waals surface area contributed by atoms with Crippen LogP contribution in [0.1, 0.15) is 43.0 Å². The normalized spacial score (nSPS) is 10.7. The van der Waals surface area contributed by atoms with Crippen LogP contribution in [0.2, 0.25) is 0 Å². The molecule has 0 saturated heterocycles. The molecule has 2 aromatic carbocycles. The Bertz CT molecular complexity index is 1180. The summed E-state index contributed by atoms with van der Waals surface area (Å²) in [6.07, 6.45) is 4.56.